The molecule has 162 valence electrons. The van der Waals surface area contributed by atoms with E-state index in [0.717, 1.165) is 50.8 Å². The highest BCUT2D eigenvalue weighted by molar-refractivity contribution is 5.77. The Labute approximate surface area is 176 Å². The van der Waals surface area contributed by atoms with Gasteiger partial charge in [0.25, 0.3) is 0 Å². The number of allylic oxidation sites excluding steroid dienone is 1. The first-order valence-electron chi connectivity index (χ1n) is 11.4. The van der Waals surface area contributed by atoms with Gasteiger partial charge in [-0.05, 0) is 88.2 Å². The van der Waals surface area contributed by atoms with E-state index in [1.165, 1.54) is 24.7 Å². The molecule has 2 saturated carbocycles. The van der Waals surface area contributed by atoms with Gasteiger partial charge in [-0.2, -0.15) is 0 Å². The fraction of sp³-hybridized carbons (Fsp3) is 0.720. The Morgan fingerprint density at radius 2 is 2.14 bits per heavy atom. The van der Waals surface area contributed by atoms with Gasteiger partial charge in [-0.25, -0.2) is 0 Å². The summed E-state index contributed by atoms with van der Waals surface area (Å²) in [5.74, 6) is 1.89. The average molecular weight is 403 g/mol. The molecular weight excluding hydrogens is 362 g/mol. The molecule has 1 heterocycles. The molecule has 2 N–H and O–H groups in total. The number of rotatable bonds is 7. The van der Waals surface area contributed by atoms with Crippen LogP contribution in [0.2, 0.25) is 0 Å². The standard InChI is InChI=1S/C25H39NO3/c1-17(2)26-16-21-19(12-15-29-21)9-10-20-18(3)8-11-22-24(20,4)13-7-14-25(22,5)23(27)28-6/h12,15,17,20,22,26H,3,7-11,13-14,16H2,1-2,4-6H3/p+1/t20-,22-,24+,25-/m0/s1. The molecule has 4 heteroatoms. The molecule has 0 spiro atoms. The molecule has 3 rings (SSSR count). The van der Waals surface area contributed by atoms with Gasteiger partial charge in [-0.1, -0.05) is 25.5 Å². The summed E-state index contributed by atoms with van der Waals surface area (Å²) >= 11 is 0. The molecule has 0 saturated heterocycles. The van der Waals surface area contributed by atoms with Gasteiger partial charge in [0.1, 0.15) is 6.54 Å². The third-order valence-corrected chi connectivity index (χ3v) is 7.99. The van der Waals surface area contributed by atoms with Crippen molar-refractivity contribution >= 4 is 5.97 Å². The number of furan rings is 1. The van der Waals surface area contributed by atoms with E-state index < -0.39 is 0 Å². The SMILES string of the molecule is C=C1CC[C@H]2[C@](C)(CCC[C@]2(C)C(=O)OC)[C@H]1CCc1ccoc1C[NH2+]C(C)C. The Kier molecular flexibility index (Phi) is 6.62. The van der Waals surface area contributed by atoms with Gasteiger partial charge < -0.3 is 14.5 Å². The second-order valence-corrected chi connectivity index (χ2v) is 10.2. The number of hydrogen-bond donors (Lipinski definition) is 1. The van der Waals surface area contributed by atoms with Gasteiger partial charge in [-0.15, -0.1) is 0 Å². The second kappa shape index (κ2) is 8.67. The number of nitrogens with two attached hydrogens (primary N) is 1. The normalized spacial score (nSPS) is 32.3. The number of fused-ring (bicyclic) bond motifs is 1. The number of carbonyl (C=O) groups excluding carboxylic acids is 1. The summed E-state index contributed by atoms with van der Waals surface area (Å²) < 4.78 is 11.0. The number of esters is 1. The zero-order chi connectivity index (χ0) is 21.2. The molecule has 2 fully saturated rings. The highest BCUT2D eigenvalue weighted by atomic mass is 16.5. The lowest BCUT2D eigenvalue weighted by atomic mass is 9.46. The van der Waals surface area contributed by atoms with E-state index in [-0.39, 0.29) is 16.8 Å². The van der Waals surface area contributed by atoms with Crippen molar-refractivity contribution in [1.82, 2.24) is 0 Å². The largest absolute Gasteiger partial charge is 0.469 e. The molecule has 4 nitrogen and oxygen atoms in total. The van der Waals surface area contributed by atoms with Gasteiger partial charge in [0, 0.05) is 0 Å². The minimum atomic E-state index is -0.367. The maximum absolute atomic E-state index is 12.7. The van der Waals surface area contributed by atoms with Gasteiger partial charge in [0.05, 0.1) is 24.8 Å². The quantitative estimate of drug-likeness (QED) is 0.534. The van der Waals surface area contributed by atoms with E-state index in [2.05, 4.69) is 45.7 Å². The monoisotopic (exact) mass is 402 g/mol. The topological polar surface area (TPSA) is 56.0 Å². The Balaban J connectivity index is 1.78. The van der Waals surface area contributed by atoms with Gasteiger partial charge >= 0.3 is 5.97 Å². The van der Waals surface area contributed by atoms with Crippen LogP contribution in [0.5, 0.6) is 0 Å². The number of carbonyl (C=O) groups is 1. The van der Waals surface area contributed by atoms with E-state index in [0.29, 0.717) is 17.9 Å². The summed E-state index contributed by atoms with van der Waals surface area (Å²) in [4.78, 5) is 12.7. The Hall–Kier alpha value is -1.55. The molecule has 0 unspecified atom stereocenters. The van der Waals surface area contributed by atoms with Crippen molar-refractivity contribution in [3.63, 3.8) is 0 Å². The van der Waals surface area contributed by atoms with Crippen molar-refractivity contribution in [2.75, 3.05) is 7.11 Å². The first-order valence-corrected chi connectivity index (χ1v) is 11.4. The smallest absolute Gasteiger partial charge is 0.311 e. The van der Waals surface area contributed by atoms with Crippen molar-refractivity contribution in [2.24, 2.45) is 22.7 Å². The van der Waals surface area contributed by atoms with Crippen LogP contribution < -0.4 is 5.32 Å². The lowest BCUT2D eigenvalue weighted by molar-refractivity contribution is -0.699. The molecule has 4 atom stereocenters. The van der Waals surface area contributed by atoms with Crippen LogP contribution >= 0.6 is 0 Å². The Morgan fingerprint density at radius 1 is 1.38 bits per heavy atom. The van der Waals surface area contributed by atoms with Crippen molar-refractivity contribution < 1.29 is 19.3 Å². The number of ether oxygens (including phenoxy) is 1. The molecule has 0 amide bonds. The number of methoxy groups -OCH3 is 1. The zero-order valence-electron chi connectivity index (χ0n) is 19.1. The van der Waals surface area contributed by atoms with Crippen LogP contribution in [-0.2, 0) is 22.5 Å². The highest BCUT2D eigenvalue weighted by Crippen LogP contribution is 2.62. The second-order valence-electron chi connectivity index (χ2n) is 10.2. The van der Waals surface area contributed by atoms with Crippen molar-refractivity contribution in [3.8, 4) is 0 Å². The van der Waals surface area contributed by atoms with E-state index in [1.54, 1.807) is 0 Å². The molecular formula is C25H40NO3+. The van der Waals surface area contributed by atoms with Crippen molar-refractivity contribution in [2.45, 2.75) is 85.2 Å². The van der Waals surface area contributed by atoms with Gasteiger partial charge in [0.2, 0.25) is 0 Å². The lowest BCUT2D eigenvalue weighted by Crippen LogP contribution is -2.86. The first kappa shape index (κ1) is 22.1. The summed E-state index contributed by atoms with van der Waals surface area (Å²) in [5, 5.41) is 2.31. The molecule has 0 aromatic carbocycles. The summed E-state index contributed by atoms with van der Waals surface area (Å²) in [6.07, 6.45) is 9.20. The number of hydrogen-bond acceptors (Lipinski definition) is 3. The van der Waals surface area contributed by atoms with E-state index in [4.69, 9.17) is 9.15 Å². The average Bonchev–Trinajstić information content (AvgIpc) is 3.12. The minimum Gasteiger partial charge on any atom is -0.469 e. The van der Waals surface area contributed by atoms with Gasteiger partial charge in [-0.3, -0.25) is 4.79 Å². The molecule has 0 aliphatic heterocycles. The van der Waals surface area contributed by atoms with Crippen LogP contribution in [0.15, 0.2) is 28.9 Å². The fourth-order valence-corrected chi connectivity index (χ4v) is 6.37. The first-order chi connectivity index (χ1) is 13.7. The van der Waals surface area contributed by atoms with E-state index in [1.807, 2.05) is 6.26 Å². The highest BCUT2D eigenvalue weighted by Gasteiger charge is 2.57. The zero-order valence-corrected chi connectivity index (χ0v) is 19.1. The molecule has 2 aliphatic rings. The van der Waals surface area contributed by atoms with Crippen LogP contribution in [0.4, 0.5) is 0 Å². The van der Waals surface area contributed by atoms with Crippen LogP contribution in [-0.4, -0.2) is 19.1 Å². The van der Waals surface area contributed by atoms with Crippen molar-refractivity contribution in [1.29, 1.82) is 0 Å². The molecule has 0 radical (unpaired) electrons. The molecule has 1 aromatic heterocycles. The molecule has 2 aliphatic carbocycles. The minimum absolute atomic E-state index is 0.0268. The third-order valence-electron chi connectivity index (χ3n) is 7.99. The predicted octanol–water partition coefficient (Wildman–Crippen LogP) is 4.64. The van der Waals surface area contributed by atoms with Crippen LogP contribution in [0, 0.1) is 22.7 Å². The summed E-state index contributed by atoms with van der Waals surface area (Å²) in [5.41, 5.74) is 2.45. The Morgan fingerprint density at radius 3 is 2.83 bits per heavy atom. The third kappa shape index (κ3) is 4.19. The van der Waals surface area contributed by atoms with Crippen molar-refractivity contribution in [3.05, 3.63) is 35.8 Å². The maximum atomic E-state index is 12.7. The molecule has 1 aromatic rings. The van der Waals surface area contributed by atoms with Crippen LogP contribution in [0.25, 0.3) is 0 Å². The van der Waals surface area contributed by atoms with Gasteiger partial charge in [0.15, 0.2) is 5.76 Å². The lowest BCUT2D eigenvalue weighted by Gasteiger charge is -2.57. The predicted molar refractivity (Wildman–Crippen MR) is 115 cm³/mol. The molecule has 29 heavy (non-hydrogen) atoms. The summed E-state index contributed by atoms with van der Waals surface area (Å²) in [6.45, 7) is 14.3. The number of aryl methyl sites for hydroxylation is 1. The van der Waals surface area contributed by atoms with E-state index >= 15 is 0 Å². The fourth-order valence-electron chi connectivity index (χ4n) is 6.37. The summed E-state index contributed by atoms with van der Waals surface area (Å²) in [6, 6.07) is 2.69. The number of quaternary nitrogens is 1. The van der Waals surface area contributed by atoms with Crippen LogP contribution in [0.1, 0.15) is 77.5 Å². The van der Waals surface area contributed by atoms with E-state index in [9.17, 15) is 4.79 Å². The maximum Gasteiger partial charge on any atom is 0.311 e. The van der Waals surface area contributed by atoms with Crippen LogP contribution in [0.3, 0.4) is 0 Å². The molecule has 0 bridgehead atoms. The Bertz CT molecular complexity index is 736. The summed E-state index contributed by atoms with van der Waals surface area (Å²) in [7, 11) is 1.54.